The number of rotatable bonds is 6. The molecule has 1 nitrogen and oxygen atoms in total. The largest absolute Gasteiger partial charge is 0.314 e. The second-order valence-corrected chi connectivity index (χ2v) is 4.83. The van der Waals surface area contributed by atoms with Gasteiger partial charge in [0.05, 0.1) is 0 Å². The Balaban J connectivity index is 1.83. The van der Waals surface area contributed by atoms with Crippen LogP contribution in [0.5, 0.6) is 0 Å². The topological polar surface area (TPSA) is 12.0 Å². The van der Waals surface area contributed by atoms with Crippen LogP contribution in [-0.2, 0) is 0 Å². The van der Waals surface area contributed by atoms with Crippen LogP contribution in [0.3, 0.4) is 0 Å². The van der Waals surface area contributed by atoms with Crippen molar-refractivity contribution < 1.29 is 0 Å². The first-order chi connectivity index (χ1) is 6.29. The maximum atomic E-state index is 3.66. The second-order valence-electron chi connectivity index (χ2n) is 4.83. The third-order valence-corrected chi connectivity index (χ3v) is 3.00. The minimum atomic E-state index is 0.860. The first kappa shape index (κ1) is 11.0. The molecule has 0 aromatic heterocycles. The lowest BCUT2D eigenvalue weighted by Crippen LogP contribution is -2.26. The molecule has 0 saturated heterocycles. The second kappa shape index (κ2) is 6.42. The van der Waals surface area contributed by atoms with Crippen LogP contribution in [0.1, 0.15) is 58.8 Å². The van der Waals surface area contributed by atoms with Gasteiger partial charge in [-0.05, 0) is 31.7 Å². The van der Waals surface area contributed by atoms with Gasteiger partial charge in [0.1, 0.15) is 0 Å². The molecule has 0 spiro atoms. The van der Waals surface area contributed by atoms with Crippen molar-refractivity contribution in [2.45, 2.75) is 64.8 Å². The SMILES string of the molecule is CC(C)CCCCNC1CCCC1. The minimum absolute atomic E-state index is 0.860. The quantitative estimate of drug-likeness (QED) is 0.623. The van der Waals surface area contributed by atoms with Gasteiger partial charge in [-0.1, -0.05) is 39.5 Å². The third-order valence-electron chi connectivity index (χ3n) is 3.00. The van der Waals surface area contributed by atoms with Crippen LogP contribution in [-0.4, -0.2) is 12.6 Å². The monoisotopic (exact) mass is 183 g/mol. The first-order valence-corrected chi connectivity index (χ1v) is 6.02. The third kappa shape index (κ3) is 5.30. The number of hydrogen-bond acceptors (Lipinski definition) is 1. The molecule has 0 radical (unpaired) electrons. The van der Waals surface area contributed by atoms with Crippen molar-refractivity contribution in [3.05, 3.63) is 0 Å². The van der Waals surface area contributed by atoms with E-state index in [1.807, 2.05) is 0 Å². The summed E-state index contributed by atoms with van der Waals surface area (Å²) >= 11 is 0. The molecule has 1 N–H and O–H groups in total. The van der Waals surface area contributed by atoms with E-state index in [0.29, 0.717) is 0 Å². The van der Waals surface area contributed by atoms with Crippen molar-refractivity contribution >= 4 is 0 Å². The molecule has 1 heteroatoms. The molecule has 13 heavy (non-hydrogen) atoms. The zero-order valence-corrected chi connectivity index (χ0v) is 9.31. The van der Waals surface area contributed by atoms with Crippen molar-refractivity contribution in [1.82, 2.24) is 5.32 Å². The van der Waals surface area contributed by atoms with Gasteiger partial charge in [-0.2, -0.15) is 0 Å². The molecule has 1 saturated carbocycles. The van der Waals surface area contributed by atoms with E-state index in [9.17, 15) is 0 Å². The fourth-order valence-electron chi connectivity index (χ4n) is 2.11. The summed E-state index contributed by atoms with van der Waals surface area (Å²) in [7, 11) is 0. The van der Waals surface area contributed by atoms with E-state index >= 15 is 0 Å². The van der Waals surface area contributed by atoms with Crippen LogP contribution >= 0.6 is 0 Å². The molecule has 1 aliphatic rings. The van der Waals surface area contributed by atoms with Crippen molar-refractivity contribution in [3.8, 4) is 0 Å². The Hall–Kier alpha value is -0.0400. The number of unbranched alkanes of at least 4 members (excludes halogenated alkanes) is 1. The molecule has 1 fully saturated rings. The summed E-state index contributed by atoms with van der Waals surface area (Å²) in [5, 5.41) is 3.66. The summed E-state index contributed by atoms with van der Waals surface area (Å²) in [6, 6.07) is 0.860. The summed E-state index contributed by atoms with van der Waals surface area (Å²) in [6.45, 7) is 5.87. The summed E-state index contributed by atoms with van der Waals surface area (Å²) in [6.07, 6.45) is 9.90. The molecule has 0 heterocycles. The lowest BCUT2D eigenvalue weighted by molar-refractivity contribution is 0.479. The van der Waals surface area contributed by atoms with Crippen LogP contribution in [0, 0.1) is 5.92 Å². The highest BCUT2D eigenvalue weighted by Crippen LogP contribution is 2.17. The highest BCUT2D eigenvalue weighted by Gasteiger charge is 2.12. The summed E-state index contributed by atoms with van der Waals surface area (Å²) < 4.78 is 0. The lowest BCUT2D eigenvalue weighted by atomic mass is 10.1. The maximum absolute atomic E-state index is 3.66. The summed E-state index contributed by atoms with van der Waals surface area (Å²) in [4.78, 5) is 0. The molecule has 0 atom stereocenters. The Morgan fingerprint density at radius 2 is 1.85 bits per heavy atom. The normalized spacial score (nSPS) is 18.7. The standard InChI is InChI=1S/C12H25N/c1-11(2)7-5-6-10-13-12-8-3-4-9-12/h11-13H,3-10H2,1-2H3. The molecule has 78 valence electrons. The van der Waals surface area contributed by atoms with E-state index in [1.165, 1.54) is 51.5 Å². The maximum Gasteiger partial charge on any atom is 0.00670 e. The van der Waals surface area contributed by atoms with E-state index in [4.69, 9.17) is 0 Å². The van der Waals surface area contributed by atoms with Crippen LogP contribution in [0.2, 0.25) is 0 Å². The van der Waals surface area contributed by atoms with E-state index in [2.05, 4.69) is 19.2 Å². The van der Waals surface area contributed by atoms with Gasteiger partial charge < -0.3 is 5.32 Å². The van der Waals surface area contributed by atoms with Crippen LogP contribution in [0.15, 0.2) is 0 Å². The summed E-state index contributed by atoms with van der Waals surface area (Å²) in [5.41, 5.74) is 0. The van der Waals surface area contributed by atoms with Crippen molar-refractivity contribution in [1.29, 1.82) is 0 Å². The minimum Gasteiger partial charge on any atom is -0.314 e. The molecular formula is C12H25N. The van der Waals surface area contributed by atoms with Crippen molar-refractivity contribution in [3.63, 3.8) is 0 Å². The lowest BCUT2D eigenvalue weighted by Gasteiger charge is -2.11. The Labute approximate surface area is 83.3 Å². The molecule has 1 aliphatic carbocycles. The molecule has 0 unspecified atom stereocenters. The summed E-state index contributed by atoms with van der Waals surface area (Å²) in [5.74, 6) is 0.881. The van der Waals surface area contributed by atoms with Gasteiger partial charge in [0.2, 0.25) is 0 Å². The zero-order chi connectivity index (χ0) is 9.52. The zero-order valence-electron chi connectivity index (χ0n) is 9.31. The van der Waals surface area contributed by atoms with Crippen LogP contribution in [0.25, 0.3) is 0 Å². The average Bonchev–Trinajstić information content (AvgIpc) is 2.55. The Kier molecular flexibility index (Phi) is 5.45. The predicted molar refractivity (Wildman–Crippen MR) is 58.9 cm³/mol. The molecule has 1 rings (SSSR count). The Morgan fingerprint density at radius 1 is 1.15 bits per heavy atom. The predicted octanol–water partition coefficient (Wildman–Crippen LogP) is 3.34. The highest BCUT2D eigenvalue weighted by atomic mass is 14.9. The van der Waals surface area contributed by atoms with E-state index in [1.54, 1.807) is 0 Å². The van der Waals surface area contributed by atoms with Crippen LogP contribution in [0.4, 0.5) is 0 Å². The van der Waals surface area contributed by atoms with Gasteiger partial charge in [-0.25, -0.2) is 0 Å². The molecular weight excluding hydrogens is 158 g/mol. The Bertz CT molecular complexity index is 114. The average molecular weight is 183 g/mol. The molecule has 0 aromatic carbocycles. The van der Waals surface area contributed by atoms with Gasteiger partial charge in [-0.15, -0.1) is 0 Å². The Morgan fingerprint density at radius 3 is 2.46 bits per heavy atom. The van der Waals surface area contributed by atoms with Gasteiger partial charge in [0, 0.05) is 6.04 Å². The number of hydrogen-bond donors (Lipinski definition) is 1. The van der Waals surface area contributed by atoms with E-state index in [-0.39, 0.29) is 0 Å². The first-order valence-electron chi connectivity index (χ1n) is 6.02. The van der Waals surface area contributed by atoms with Crippen molar-refractivity contribution in [2.75, 3.05) is 6.54 Å². The molecule has 0 amide bonds. The van der Waals surface area contributed by atoms with Gasteiger partial charge in [0.15, 0.2) is 0 Å². The number of nitrogens with one attached hydrogen (secondary N) is 1. The molecule has 0 aromatic rings. The molecule has 0 aliphatic heterocycles. The van der Waals surface area contributed by atoms with E-state index in [0.717, 1.165) is 12.0 Å². The van der Waals surface area contributed by atoms with Gasteiger partial charge in [-0.3, -0.25) is 0 Å². The van der Waals surface area contributed by atoms with Crippen molar-refractivity contribution in [2.24, 2.45) is 5.92 Å². The highest BCUT2D eigenvalue weighted by molar-refractivity contribution is 4.73. The smallest absolute Gasteiger partial charge is 0.00670 e. The molecule has 0 bridgehead atoms. The fraction of sp³-hybridized carbons (Fsp3) is 1.00. The van der Waals surface area contributed by atoms with E-state index < -0.39 is 0 Å². The van der Waals surface area contributed by atoms with Gasteiger partial charge in [0.25, 0.3) is 0 Å². The van der Waals surface area contributed by atoms with Crippen LogP contribution < -0.4 is 5.32 Å². The fourth-order valence-corrected chi connectivity index (χ4v) is 2.11. The van der Waals surface area contributed by atoms with Gasteiger partial charge >= 0.3 is 0 Å².